The van der Waals surface area contributed by atoms with Crippen molar-refractivity contribution in [2.24, 2.45) is 0 Å². The number of aliphatic carboxylic acids is 2. The minimum absolute atomic E-state index is 0.558. The van der Waals surface area contributed by atoms with E-state index in [1.807, 2.05) is 0 Å². The van der Waals surface area contributed by atoms with Crippen LogP contribution in [0.5, 0.6) is 5.88 Å². The molecule has 0 spiro atoms. The molecule has 23 heavy (non-hydrogen) atoms. The van der Waals surface area contributed by atoms with Gasteiger partial charge in [-0.25, -0.2) is 9.59 Å². The first-order valence-corrected chi connectivity index (χ1v) is 7.46. The topological polar surface area (TPSA) is 113 Å². The van der Waals surface area contributed by atoms with Gasteiger partial charge in [-0.05, 0) is 26.0 Å². The van der Waals surface area contributed by atoms with E-state index in [1.54, 1.807) is 7.11 Å². The first-order chi connectivity index (χ1) is 10.8. The summed E-state index contributed by atoms with van der Waals surface area (Å²) < 4.78 is 13.6. The van der Waals surface area contributed by atoms with E-state index in [4.69, 9.17) is 14.9 Å². The third-order valence-corrected chi connectivity index (χ3v) is 3.63. The molecule has 8 nitrogen and oxygen atoms in total. The molecule has 0 amide bonds. The summed E-state index contributed by atoms with van der Waals surface area (Å²) in [7, 11) is 3.77. The van der Waals surface area contributed by atoms with Crippen LogP contribution in [-0.4, -0.2) is 63.0 Å². The maximum absolute atomic E-state index is 9.55. The first-order valence-electron chi connectivity index (χ1n) is 6.73. The average Bonchev–Trinajstić information content (AvgIpc) is 2.96. The van der Waals surface area contributed by atoms with Crippen LogP contribution in [0.3, 0.4) is 0 Å². The summed E-state index contributed by atoms with van der Waals surface area (Å²) in [6.45, 7) is 4.23. The summed E-state index contributed by atoms with van der Waals surface area (Å²) in [4.78, 5) is 21.4. The van der Waals surface area contributed by atoms with Gasteiger partial charge >= 0.3 is 11.9 Å². The second kappa shape index (κ2) is 9.01. The summed E-state index contributed by atoms with van der Waals surface area (Å²) in [5.41, 5.74) is 3.60. The number of hydrogen-bond acceptors (Lipinski definition) is 7. The highest BCUT2D eigenvalue weighted by atomic mass is 32.1. The molecule has 1 aliphatic heterocycles. The third-order valence-electron chi connectivity index (χ3n) is 3.12. The third kappa shape index (κ3) is 6.17. The largest absolute Gasteiger partial charge is 0.479 e. The lowest BCUT2D eigenvalue weighted by Crippen LogP contribution is -2.27. The van der Waals surface area contributed by atoms with Crippen LogP contribution >= 0.6 is 11.7 Å². The Morgan fingerprint density at radius 2 is 1.87 bits per heavy atom. The van der Waals surface area contributed by atoms with Gasteiger partial charge in [0.2, 0.25) is 0 Å². The molecular weight excluding hydrogens is 322 g/mol. The summed E-state index contributed by atoms with van der Waals surface area (Å²) in [6, 6.07) is 0. The fourth-order valence-corrected chi connectivity index (χ4v) is 2.46. The van der Waals surface area contributed by atoms with Crippen LogP contribution in [0.15, 0.2) is 17.7 Å². The Morgan fingerprint density at radius 3 is 2.39 bits per heavy atom. The van der Waals surface area contributed by atoms with Crippen molar-refractivity contribution in [3.63, 3.8) is 0 Å². The van der Waals surface area contributed by atoms with E-state index in [0.29, 0.717) is 18.0 Å². The molecule has 2 heterocycles. The molecule has 126 valence electrons. The van der Waals surface area contributed by atoms with Crippen LogP contribution in [0, 0.1) is 0 Å². The number of ether oxygens (including phenoxy) is 1. The van der Waals surface area contributed by atoms with E-state index in [1.165, 1.54) is 22.9 Å². The van der Waals surface area contributed by atoms with Crippen molar-refractivity contribution in [1.29, 1.82) is 0 Å². The van der Waals surface area contributed by atoms with Gasteiger partial charge in [0.25, 0.3) is 5.88 Å². The van der Waals surface area contributed by atoms with Crippen LogP contribution in [0.2, 0.25) is 0 Å². The number of rotatable bonds is 4. The first kappa shape index (κ1) is 18.8. The molecule has 1 aromatic rings. The monoisotopic (exact) mass is 341 g/mol. The number of aromatic nitrogens is 2. The molecule has 0 radical (unpaired) electrons. The Labute approximate surface area is 138 Å². The van der Waals surface area contributed by atoms with Crippen LogP contribution in [-0.2, 0) is 9.59 Å². The standard InChI is InChI=1S/C10H15N3OS.C4H4O4/c1-7-4-5-13(2)6-8(7)9-10(14-3)12-15-11-9;5-3(6)1-2-4(7)8/h4-6H2,1-3H3;1-2H,(H,5,6)(H,7,8)/b;2-1+. The molecule has 9 heteroatoms. The molecule has 1 aromatic heterocycles. The zero-order valence-electron chi connectivity index (χ0n) is 13.1. The summed E-state index contributed by atoms with van der Waals surface area (Å²) in [6.07, 6.45) is 2.22. The molecular formula is C14H19N3O5S. The molecule has 0 saturated carbocycles. The number of hydrogen-bond donors (Lipinski definition) is 2. The molecule has 0 saturated heterocycles. The summed E-state index contributed by atoms with van der Waals surface area (Å²) >= 11 is 1.21. The minimum atomic E-state index is -1.26. The van der Waals surface area contributed by atoms with Gasteiger partial charge in [-0.15, -0.1) is 4.37 Å². The predicted molar refractivity (Wildman–Crippen MR) is 85.6 cm³/mol. The van der Waals surface area contributed by atoms with Crippen molar-refractivity contribution in [2.75, 3.05) is 27.2 Å². The fourth-order valence-electron chi connectivity index (χ4n) is 1.91. The van der Waals surface area contributed by atoms with E-state index in [0.717, 1.165) is 25.2 Å². The number of carboxylic acids is 2. The Balaban J connectivity index is 0.000000284. The Kier molecular flexibility index (Phi) is 7.36. The van der Waals surface area contributed by atoms with Gasteiger partial charge in [0, 0.05) is 25.2 Å². The van der Waals surface area contributed by atoms with Crippen LogP contribution in [0.1, 0.15) is 19.0 Å². The van der Waals surface area contributed by atoms with E-state index in [9.17, 15) is 9.59 Å². The second-order valence-corrected chi connectivity index (χ2v) is 5.41. The van der Waals surface area contributed by atoms with Crippen molar-refractivity contribution in [3.8, 4) is 5.88 Å². The van der Waals surface area contributed by atoms with E-state index >= 15 is 0 Å². The van der Waals surface area contributed by atoms with Crippen LogP contribution in [0.4, 0.5) is 0 Å². The second-order valence-electron chi connectivity index (χ2n) is 4.88. The van der Waals surface area contributed by atoms with Crippen molar-refractivity contribution < 1.29 is 24.5 Å². The normalized spacial score (nSPS) is 15.3. The predicted octanol–water partition coefficient (Wildman–Crippen LogP) is 1.37. The lowest BCUT2D eigenvalue weighted by atomic mass is 9.99. The van der Waals surface area contributed by atoms with Gasteiger partial charge in [0.1, 0.15) is 5.69 Å². The van der Waals surface area contributed by atoms with Gasteiger partial charge < -0.3 is 19.8 Å². The van der Waals surface area contributed by atoms with Gasteiger partial charge in [0.05, 0.1) is 18.8 Å². The number of carboxylic acid groups (broad SMARTS) is 2. The van der Waals surface area contributed by atoms with Gasteiger partial charge in [-0.1, -0.05) is 5.57 Å². The zero-order chi connectivity index (χ0) is 17.4. The molecule has 0 aliphatic carbocycles. The number of methoxy groups -OCH3 is 1. The van der Waals surface area contributed by atoms with Crippen molar-refractivity contribution in [3.05, 3.63) is 23.4 Å². The molecule has 0 aromatic carbocycles. The van der Waals surface area contributed by atoms with Crippen LogP contribution in [0.25, 0.3) is 5.57 Å². The molecule has 0 atom stereocenters. The Morgan fingerprint density at radius 1 is 1.26 bits per heavy atom. The highest BCUT2D eigenvalue weighted by molar-refractivity contribution is 6.99. The average molecular weight is 341 g/mol. The van der Waals surface area contributed by atoms with E-state index < -0.39 is 11.9 Å². The lowest BCUT2D eigenvalue weighted by Gasteiger charge is -2.25. The fraction of sp³-hybridized carbons (Fsp3) is 0.429. The minimum Gasteiger partial charge on any atom is -0.479 e. The number of nitrogens with zero attached hydrogens (tertiary/aromatic N) is 3. The molecule has 2 rings (SSSR count). The Hall–Kier alpha value is -2.26. The SMILES string of the molecule is COc1nsnc1C1=C(C)CCN(C)C1.O=C(O)/C=C/C(=O)O. The maximum Gasteiger partial charge on any atom is 0.328 e. The van der Waals surface area contributed by atoms with E-state index in [-0.39, 0.29) is 0 Å². The van der Waals surface area contributed by atoms with E-state index in [2.05, 4.69) is 27.6 Å². The molecule has 0 bridgehead atoms. The molecule has 0 unspecified atom stereocenters. The highest BCUT2D eigenvalue weighted by Crippen LogP contribution is 2.30. The van der Waals surface area contributed by atoms with Crippen molar-refractivity contribution in [2.45, 2.75) is 13.3 Å². The molecule has 2 N–H and O–H groups in total. The molecule has 0 fully saturated rings. The number of carbonyl (C=O) groups is 2. The maximum atomic E-state index is 9.55. The van der Waals surface area contributed by atoms with Gasteiger partial charge in [-0.2, -0.15) is 4.37 Å². The summed E-state index contributed by atoms with van der Waals surface area (Å²) in [5, 5.41) is 15.6. The lowest BCUT2D eigenvalue weighted by molar-refractivity contribution is -0.134. The Bertz CT molecular complexity index is 608. The zero-order valence-corrected chi connectivity index (χ0v) is 14.0. The smallest absolute Gasteiger partial charge is 0.328 e. The van der Waals surface area contributed by atoms with Gasteiger partial charge in [-0.3, -0.25) is 0 Å². The highest BCUT2D eigenvalue weighted by Gasteiger charge is 2.20. The van der Waals surface area contributed by atoms with Crippen molar-refractivity contribution in [1.82, 2.24) is 13.6 Å². The molecule has 1 aliphatic rings. The quantitative estimate of drug-likeness (QED) is 0.790. The van der Waals surface area contributed by atoms with Crippen molar-refractivity contribution >= 4 is 29.2 Å². The number of likely N-dealkylation sites (N-methyl/N-ethyl adjacent to an activating group) is 1. The van der Waals surface area contributed by atoms with Gasteiger partial charge in [0.15, 0.2) is 0 Å². The summed E-state index contributed by atoms with van der Waals surface area (Å²) in [5.74, 6) is -1.86. The van der Waals surface area contributed by atoms with Crippen LogP contribution < -0.4 is 4.74 Å².